The van der Waals surface area contributed by atoms with Gasteiger partial charge in [0.2, 0.25) is 0 Å². The average Bonchev–Trinajstić information content (AvgIpc) is 2.81. The summed E-state index contributed by atoms with van der Waals surface area (Å²) in [6, 6.07) is 8.35. The van der Waals surface area contributed by atoms with E-state index in [9.17, 15) is 9.90 Å². The van der Waals surface area contributed by atoms with Crippen LogP contribution in [-0.2, 0) is 17.9 Å². The Labute approximate surface area is 117 Å². The summed E-state index contributed by atoms with van der Waals surface area (Å²) < 4.78 is 0. The number of aliphatic carboxylic acids is 1. The molecule has 0 unspecified atom stereocenters. The van der Waals surface area contributed by atoms with Crippen LogP contribution in [0.4, 0.5) is 0 Å². The summed E-state index contributed by atoms with van der Waals surface area (Å²) in [5.41, 5.74) is 2.31. The summed E-state index contributed by atoms with van der Waals surface area (Å²) >= 11 is 0. The Morgan fingerprint density at radius 1 is 1.35 bits per heavy atom. The van der Waals surface area contributed by atoms with Gasteiger partial charge in [-0.3, -0.25) is 10.1 Å². The lowest BCUT2D eigenvalue weighted by Gasteiger charge is -2.13. The fraction of sp³-hybridized carbons (Fsp3) is 0.357. The van der Waals surface area contributed by atoms with E-state index in [1.807, 2.05) is 32.0 Å². The van der Waals surface area contributed by atoms with Crippen LogP contribution < -0.4 is 5.32 Å². The Bertz CT molecular complexity index is 580. The van der Waals surface area contributed by atoms with Crippen molar-refractivity contribution in [1.82, 2.24) is 20.3 Å². The summed E-state index contributed by atoms with van der Waals surface area (Å²) in [7, 11) is 0. The molecule has 1 aromatic carbocycles. The van der Waals surface area contributed by atoms with E-state index in [1.54, 1.807) is 16.9 Å². The zero-order valence-electron chi connectivity index (χ0n) is 11.6. The third kappa shape index (κ3) is 3.21. The Morgan fingerprint density at radius 2 is 2.05 bits per heavy atom. The molecular formula is C14H18N4O2. The van der Waals surface area contributed by atoms with Gasteiger partial charge in [0.05, 0.1) is 17.9 Å². The first kappa shape index (κ1) is 14.2. The lowest BCUT2D eigenvalue weighted by atomic mass is 10.1. The Morgan fingerprint density at radius 3 is 2.60 bits per heavy atom. The van der Waals surface area contributed by atoms with E-state index in [0.29, 0.717) is 13.1 Å². The number of nitrogens with one attached hydrogen (secondary N) is 1. The Hall–Kier alpha value is -2.21. The number of aromatic nitrogens is 3. The number of hydrogen-bond acceptors (Lipinski definition) is 4. The van der Waals surface area contributed by atoms with Crippen molar-refractivity contribution < 1.29 is 9.90 Å². The van der Waals surface area contributed by atoms with Crippen LogP contribution in [0.1, 0.15) is 29.9 Å². The van der Waals surface area contributed by atoms with Crippen LogP contribution in [0.5, 0.6) is 0 Å². The van der Waals surface area contributed by atoms with Crippen LogP contribution in [0.2, 0.25) is 0 Å². The average molecular weight is 274 g/mol. The monoisotopic (exact) mass is 274 g/mol. The lowest BCUT2D eigenvalue weighted by molar-refractivity contribution is -0.139. The lowest BCUT2D eigenvalue weighted by Crippen LogP contribution is -2.28. The summed E-state index contributed by atoms with van der Waals surface area (Å²) in [4.78, 5) is 13.0. The molecule has 106 valence electrons. The molecule has 0 saturated heterocycles. The minimum Gasteiger partial charge on any atom is -0.480 e. The first-order valence-corrected chi connectivity index (χ1v) is 6.53. The van der Waals surface area contributed by atoms with Gasteiger partial charge in [-0.1, -0.05) is 30.3 Å². The minimum absolute atomic E-state index is 0.373. The largest absolute Gasteiger partial charge is 0.480 e. The van der Waals surface area contributed by atoms with Crippen molar-refractivity contribution in [2.75, 3.05) is 0 Å². The van der Waals surface area contributed by atoms with Crippen molar-refractivity contribution in [3.63, 3.8) is 0 Å². The molecule has 0 aliphatic heterocycles. The van der Waals surface area contributed by atoms with E-state index in [4.69, 9.17) is 0 Å². The topological polar surface area (TPSA) is 80.0 Å². The summed E-state index contributed by atoms with van der Waals surface area (Å²) in [6.07, 6.45) is 0. The van der Waals surface area contributed by atoms with Gasteiger partial charge >= 0.3 is 5.97 Å². The number of aryl methyl sites for hydroxylation is 2. The number of carbonyl (C=O) groups is 1. The molecule has 0 aliphatic carbocycles. The Balaban J connectivity index is 2.10. The van der Waals surface area contributed by atoms with E-state index >= 15 is 0 Å². The van der Waals surface area contributed by atoms with Crippen molar-refractivity contribution in [1.29, 1.82) is 0 Å². The number of rotatable bonds is 6. The molecule has 0 fully saturated rings. The molecule has 0 saturated carbocycles. The van der Waals surface area contributed by atoms with Crippen LogP contribution in [0, 0.1) is 6.92 Å². The summed E-state index contributed by atoms with van der Waals surface area (Å²) in [6.45, 7) is 4.90. The van der Waals surface area contributed by atoms with Gasteiger partial charge in [-0.05, 0) is 19.4 Å². The fourth-order valence-electron chi connectivity index (χ4n) is 1.96. The second kappa shape index (κ2) is 6.29. The molecule has 20 heavy (non-hydrogen) atoms. The van der Waals surface area contributed by atoms with E-state index in [0.717, 1.165) is 17.0 Å². The summed E-state index contributed by atoms with van der Waals surface area (Å²) in [5, 5.41) is 20.9. The molecule has 0 radical (unpaired) electrons. The number of carboxylic acid groups (broad SMARTS) is 1. The van der Waals surface area contributed by atoms with Crippen molar-refractivity contribution in [2.24, 2.45) is 0 Å². The predicted molar refractivity (Wildman–Crippen MR) is 74.1 cm³/mol. The number of benzene rings is 1. The highest BCUT2D eigenvalue weighted by atomic mass is 16.4. The first-order chi connectivity index (χ1) is 9.61. The van der Waals surface area contributed by atoms with Crippen LogP contribution in [0.25, 0.3) is 0 Å². The van der Waals surface area contributed by atoms with Crippen molar-refractivity contribution in [3.8, 4) is 0 Å². The molecule has 0 bridgehead atoms. The van der Waals surface area contributed by atoms with E-state index in [2.05, 4.69) is 15.5 Å². The standard InChI is InChI=1S/C14H18N4O2/c1-3-18-16-10(2)12(17-18)9-15-13(14(19)20)11-7-5-4-6-8-11/h4-8,13,15H,3,9H2,1-2H3,(H,19,20)/t13-/m0/s1. The van der Waals surface area contributed by atoms with Crippen LogP contribution >= 0.6 is 0 Å². The molecule has 0 aliphatic rings. The maximum Gasteiger partial charge on any atom is 0.325 e. The third-order valence-corrected chi connectivity index (χ3v) is 3.06. The van der Waals surface area contributed by atoms with E-state index in [-0.39, 0.29) is 0 Å². The fourth-order valence-corrected chi connectivity index (χ4v) is 1.96. The molecular weight excluding hydrogens is 256 g/mol. The summed E-state index contributed by atoms with van der Waals surface area (Å²) in [5.74, 6) is -0.906. The van der Waals surface area contributed by atoms with E-state index < -0.39 is 12.0 Å². The number of nitrogens with zero attached hydrogens (tertiary/aromatic N) is 3. The molecule has 6 nitrogen and oxygen atoms in total. The minimum atomic E-state index is -0.906. The smallest absolute Gasteiger partial charge is 0.325 e. The molecule has 0 spiro atoms. The quantitative estimate of drug-likeness (QED) is 0.835. The SMILES string of the molecule is CCn1nc(C)c(CN[C@H](C(=O)O)c2ccccc2)n1. The van der Waals surface area contributed by atoms with Gasteiger partial charge in [0.15, 0.2) is 0 Å². The van der Waals surface area contributed by atoms with Crippen LogP contribution in [-0.4, -0.2) is 26.1 Å². The first-order valence-electron chi connectivity index (χ1n) is 6.53. The van der Waals surface area contributed by atoms with Crippen molar-refractivity contribution in [3.05, 3.63) is 47.3 Å². The highest BCUT2D eigenvalue weighted by Crippen LogP contribution is 2.13. The van der Waals surface area contributed by atoms with Gasteiger partial charge in [-0.2, -0.15) is 15.0 Å². The number of carboxylic acids is 1. The zero-order valence-corrected chi connectivity index (χ0v) is 11.6. The maximum absolute atomic E-state index is 11.4. The molecule has 1 heterocycles. The second-order valence-corrected chi connectivity index (χ2v) is 4.48. The van der Waals surface area contributed by atoms with Crippen LogP contribution in [0.3, 0.4) is 0 Å². The highest BCUT2D eigenvalue weighted by molar-refractivity contribution is 5.75. The van der Waals surface area contributed by atoms with Gasteiger partial charge in [-0.15, -0.1) is 0 Å². The molecule has 1 atom stereocenters. The molecule has 2 aromatic rings. The van der Waals surface area contributed by atoms with Gasteiger partial charge in [0.1, 0.15) is 6.04 Å². The maximum atomic E-state index is 11.4. The Kier molecular flexibility index (Phi) is 4.47. The van der Waals surface area contributed by atoms with Gasteiger partial charge in [-0.25, -0.2) is 0 Å². The molecule has 0 amide bonds. The zero-order chi connectivity index (χ0) is 14.5. The van der Waals surface area contributed by atoms with Gasteiger partial charge in [0.25, 0.3) is 0 Å². The van der Waals surface area contributed by atoms with Crippen LogP contribution in [0.15, 0.2) is 30.3 Å². The van der Waals surface area contributed by atoms with Crippen molar-refractivity contribution >= 4 is 5.97 Å². The number of hydrogen-bond donors (Lipinski definition) is 2. The molecule has 2 N–H and O–H groups in total. The predicted octanol–water partition coefficient (Wildman–Crippen LogP) is 1.52. The highest BCUT2D eigenvalue weighted by Gasteiger charge is 2.19. The third-order valence-electron chi connectivity index (χ3n) is 3.06. The molecule has 2 rings (SSSR count). The van der Waals surface area contributed by atoms with Gasteiger partial charge in [0, 0.05) is 6.54 Å². The second-order valence-electron chi connectivity index (χ2n) is 4.48. The van der Waals surface area contributed by atoms with Gasteiger partial charge < -0.3 is 5.11 Å². The van der Waals surface area contributed by atoms with E-state index in [1.165, 1.54) is 0 Å². The normalized spacial score (nSPS) is 12.3. The molecule has 6 heteroatoms. The molecule has 1 aromatic heterocycles. The van der Waals surface area contributed by atoms with Crippen molar-refractivity contribution in [2.45, 2.75) is 33.0 Å².